The van der Waals surface area contributed by atoms with E-state index in [0.29, 0.717) is 0 Å². The van der Waals surface area contributed by atoms with Crippen molar-refractivity contribution in [3.05, 3.63) is 48.8 Å². The molecule has 0 aliphatic rings. The molecule has 0 N–H and O–H groups in total. The van der Waals surface area contributed by atoms with Gasteiger partial charge in [0.15, 0.2) is 0 Å². The van der Waals surface area contributed by atoms with Gasteiger partial charge in [-0.2, -0.15) is 0 Å². The third-order valence-electron chi connectivity index (χ3n) is 1.86. The van der Waals surface area contributed by atoms with Gasteiger partial charge in [0.2, 0.25) is 0 Å². The summed E-state index contributed by atoms with van der Waals surface area (Å²) in [5.74, 6) is 0. The summed E-state index contributed by atoms with van der Waals surface area (Å²) in [6.07, 6.45) is 3.62. The van der Waals surface area contributed by atoms with Gasteiger partial charge >= 0.3 is 0 Å². The van der Waals surface area contributed by atoms with E-state index in [1.54, 1.807) is 6.08 Å². The highest BCUT2D eigenvalue weighted by Gasteiger charge is 1.92. The van der Waals surface area contributed by atoms with Crippen LogP contribution in [0.5, 0.6) is 0 Å². The van der Waals surface area contributed by atoms with Crippen molar-refractivity contribution in [2.24, 2.45) is 0 Å². The van der Waals surface area contributed by atoms with Crippen LogP contribution in [0.3, 0.4) is 0 Å². The van der Waals surface area contributed by atoms with Crippen molar-refractivity contribution < 1.29 is 0 Å². The Kier molecular flexibility index (Phi) is 1.63. The molecule has 0 saturated carbocycles. The van der Waals surface area contributed by atoms with Crippen LogP contribution in [0.15, 0.2) is 43.1 Å². The van der Waals surface area contributed by atoms with Gasteiger partial charge in [0.05, 0.1) is 5.69 Å². The molecule has 0 aliphatic carbocycles. The van der Waals surface area contributed by atoms with Crippen LogP contribution < -0.4 is 0 Å². The Morgan fingerprint density at radius 3 is 2.67 bits per heavy atom. The molecule has 1 heteroatoms. The molecule has 0 atom stereocenters. The van der Waals surface area contributed by atoms with Crippen LogP contribution in [0.4, 0.5) is 0 Å². The molecule has 1 aromatic heterocycles. The Balaban J connectivity index is 2.75. The first-order valence-electron chi connectivity index (χ1n) is 3.87. The monoisotopic (exact) mass is 155 g/mol. The largest absolute Gasteiger partial charge is 0.256 e. The summed E-state index contributed by atoms with van der Waals surface area (Å²) >= 11 is 0. The third-order valence-corrected chi connectivity index (χ3v) is 1.86. The summed E-state index contributed by atoms with van der Waals surface area (Å²) < 4.78 is 0. The maximum atomic E-state index is 4.21. The second kappa shape index (κ2) is 2.78. The summed E-state index contributed by atoms with van der Waals surface area (Å²) in [6.45, 7) is 3.68. The van der Waals surface area contributed by atoms with Gasteiger partial charge in [-0.1, -0.05) is 30.8 Å². The van der Waals surface area contributed by atoms with Crippen LogP contribution in [0.1, 0.15) is 5.69 Å². The van der Waals surface area contributed by atoms with Gasteiger partial charge in [0, 0.05) is 11.6 Å². The molecule has 2 aromatic rings. The minimum Gasteiger partial charge on any atom is -0.256 e. The standard InChI is InChI=1S/C11H9N/c1-2-11-7-9-5-3-4-6-10(9)8-12-11/h2-8H,1H2. The van der Waals surface area contributed by atoms with Crippen molar-refractivity contribution in [2.45, 2.75) is 0 Å². The van der Waals surface area contributed by atoms with Gasteiger partial charge in [-0.25, -0.2) is 0 Å². The number of fused-ring (bicyclic) bond motifs is 1. The second-order valence-electron chi connectivity index (χ2n) is 2.66. The lowest BCUT2D eigenvalue weighted by Crippen LogP contribution is -1.79. The topological polar surface area (TPSA) is 12.9 Å². The average Bonchev–Trinajstić information content (AvgIpc) is 2.17. The number of nitrogens with zero attached hydrogens (tertiary/aromatic N) is 1. The van der Waals surface area contributed by atoms with E-state index in [1.165, 1.54) is 10.8 Å². The molecule has 0 spiro atoms. The van der Waals surface area contributed by atoms with Gasteiger partial charge in [0.25, 0.3) is 0 Å². The molecule has 1 aromatic carbocycles. The van der Waals surface area contributed by atoms with E-state index in [1.807, 2.05) is 24.4 Å². The summed E-state index contributed by atoms with van der Waals surface area (Å²) in [5.41, 5.74) is 0.925. The highest BCUT2D eigenvalue weighted by atomic mass is 14.7. The van der Waals surface area contributed by atoms with E-state index in [4.69, 9.17) is 0 Å². The first-order chi connectivity index (χ1) is 5.90. The molecule has 12 heavy (non-hydrogen) atoms. The number of hydrogen-bond donors (Lipinski definition) is 0. The summed E-state index contributed by atoms with van der Waals surface area (Å²) in [5, 5.41) is 2.38. The third kappa shape index (κ3) is 1.10. The van der Waals surface area contributed by atoms with Crippen LogP contribution >= 0.6 is 0 Å². The number of benzene rings is 1. The van der Waals surface area contributed by atoms with Crippen molar-refractivity contribution in [3.8, 4) is 0 Å². The van der Waals surface area contributed by atoms with Crippen molar-refractivity contribution >= 4 is 16.8 Å². The molecule has 0 unspecified atom stereocenters. The van der Waals surface area contributed by atoms with Gasteiger partial charge in [-0.15, -0.1) is 0 Å². The molecular formula is C11H9N. The van der Waals surface area contributed by atoms with Crippen molar-refractivity contribution in [1.29, 1.82) is 0 Å². The Morgan fingerprint density at radius 2 is 1.92 bits per heavy atom. The Morgan fingerprint density at radius 1 is 1.17 bits per heavy atom. The number of pyridine rings is 1. The Bertz CT molecular complexity index is 418. The average molecular weight is 155 g/mol. The van der Waals surface area contributed by atoms with Crippen molar-refractivity contribution in [3.63, 3.8) is 0 Å². The SMILES string of the molecule is C=Cc1cc2ccccc2cn1. The fraction of sp³-hybridized carbons (Fsp3) is 0. The van der Waals surface area contributed by atoms with Crippen LogP contribution in [0.25, 0.3) is 16.8 Å². The molecule has 0 bridgehead atoms. The molecule has 0 saturated heterocycles. The first-order valence-corrected chi connectivity index (χ1v) is 3.87. The fourth-order valence-electron chi connectivity index (χ4n) is 1.21. The molecule has 58 valence electrons. The minimum atomic E-state index is 0.925. The zero-order valence-electron chi connectivity index (χ0n) is 6.70. The van der Waals surface area contributed by atoms with E-state index >= 15 is 0 Å². The van der Waals surface area contributed by atoms with E-state index in [9.17, 15) is 0 Å². The molecule has 0 fully saturated rings. The van der Waals surface area contributed by atoms with Gasteiger partial charge in [-0.05, 0) is 17.5 Å². The summed E-state index contributed by atoms with van der Waals surface area (Å²) in [4.78, 5) is 4.21. The molecule has 0 radical (unpaired) electrons. The predicted octanol–water partition coefficient (Wildman–Crippen LogP) is 2.88. The summed E-state index contributed by atoms with van der Waals surface area (Å²) in [6, 6.07) is 10.2. The van der Waals surface area contributed by atoms with Crippen LogP contribution in [-0.2, 0) is 0 Å². The van der Waals surface area contributed by atoms with Gasteiger partial charge < -0.3 is 0 Å². The van der Waals surface area contributed by atoms with Gasteiger partial charge in [0.1, 0.15) is 0 Å². The molecule has 0 aliphatic heterocycles. The van der Waals surface area contributed by atoms with E-state index in [0.717, 1.165) is 5.69 Å². The highest BCUT2D eigenvalue weighted by molar-refractivity contribution is 5.82. The molecular weight excluding hydrogens is 146 g/mol. The van der Waals surface area contributed by atoms with Crippen LogP contribution in [0, 0.1) is 0 Å². The molecule has 1 heterocycles. The molecule has 0 amide bonds. The maximum Gasteiger partial charge on any atom is 0.0630 e. The van der Waals surface area contributed by atoms with E-state index in [-0.39, 0.29) is 0 Å². The quantitative estimate of drug-likeness (QED) is 0.617. The number of rotatable bonds is 1. The van der Waals surface area contributed by atoms with E-state index < -0.39 is 0 Å². The molecule has 1 nitrogen and oxygen atoms in total. The smallest absolute Gasteiger partial charge is 0.0630 e. The number of aromatic nitrogens is 1. The van der Waals surface area contributed by atoms with Crippen LogP contribution in [-0.4, -0.2) is 4.98 Å². The minimum absolute atomic E-state index is 0.925. The lowest BCUT2D eigenvalue weighted by atomic mass is 10.1. The van der Waals surface area contributed by atoms with Crippen LogP contribution in [0.2, 0.25) is 0 Å². The zero-order valence-corrected chi connectivity index (χ0v) is 6.70. The van der Waals surface area contributed by atoms with Crippen molar-refractivity contribution in [1.82, 2.24) is 4.98 Å². The lowest BCUT2D eigenvalue weighted by Gasteiger charge is -1.96. The lowest BCUT2D eigenvalue weighted by molar-refractivity contribution is 1.33. The van der Waals surface area contributed by atoms with Crippen molar-refractivity contribution in [2.75, 3.05) is 0 Å². The normalized spacial score (nSPS) is 10.0. The Hall–Kier alpha value is -1.63. The van der Waals surface area contributed by atoms with E-state index in [2.05, 4.69) is 23.7 Å². The second-order valence-corrected chi connectivity index (χ2v) is 2.66. The zero-order chi connectivity index (χ0) is 8.39. The predicted molar refractivity (Wildman–Crippen MR) is 51.8 cm³/mol. The molecule has 2 rings (SSSR count). The first kappa shape index (κ1) is 7.04. The van der Waals surface area contributed by atoms with Gasteiger partial charge in [-0.3, -0.25) is 4.98 Å². The summed E-state index contributed by atoms with van der Waals surface area (Å²) in [7, 11) is 0. The fourth-order valence-corrected chi connectivity index (χ4v) is 1.21. The highest BCUT2D eigenvalue weighted by Crippen LogP contribution is 2.13. The number of hydrogen-bond acceptors (Lipinski definition) is 1. The Labute approximate surface area is 71.4 Å². The maximum absolute atomic E-state index is 4.21.